The van der Waals surface area contributed by atoms with E-state index in [1.54, 1.807) is 19.1 Å². The maximum absolute atomic E-state index is 13.6. The van der Waals surface area contributed by atoms with Crippen molar-refractivity contribution in [2.75, 3.05) is 19.7 Å². The first kappa shape index (κ1) is 26.1. The molecule has 2 heterocycles. The Labute approximate surface area is 215 Å². The van der Waals surface area contributed by atoms with Gasteiger partial charge in [0.2, 0.25) is 5.69 Å². The van der Waals surface area contributed by atoms with Gasteiger partial charge in [-0.15, -0.1) is 0 Å². The predicted molar refractivity (Wildman–Crippen MR) is 139 cm³/mol. The summed E-state index contributed by atoms with van der Waals surface area (Å²) in [5.74, 6) is -1.42. The van der Waals surface area contributed by atoms with Gasteiger partial charge in [0.05, 0.1) is 24.8 Å². The fourth-order valence-corrected chi connectivity index (χ4v) is 4.54. The van der Waals surface area contributed by atoms with Crippen molar-refractivity contribution in [1.82, 2.24) is 19.2 Å². The van der Waals surface area contributed by atoms with Gasteiger partial charge in [0.25, 0.3) is 11.5 Å². The molecule has 0 bridgehead atoms. The minimum absolute atomic E-state index is 0.00341. The number of carbonyl (C=O) groups is 2. The maximum atomic E-state index is 13.6. The van der Waals surface area contributed by atoms with Crippen LogP contribution in [0.5, 0.6) is 0 Å². The monoisotopic (exact) mass is 504 g/mol. The molecule has 1 saturated heterocycles. The molecule has 0 unspecified atom stereocenters. The second-order valence-electron chi connectivity index (χ2n) is 9.47. The summed E-state index contributed by atoms with van der Waals surface area (Å²) in [5, 5.41) is 4.28. The molecular formula is C28H32N4O5. The number of hydrogen-bond donors (Lipinski definition) is 0. The van der Waals surface area contributed by atoms with Crippen molar-refractivity contribution in [3.05, 3.63) is 91.3 Å². The van der Waals surface area contributed by atoms with Gasteiger partial charge < -0.3 is 9.64 Å². The molecule has 3 aromatic rings. The van der Waals surface area contributed by atoms with Crippen LogP contribution in [0.2, 0.25) is 0 Å². The Morgan fingerprint density at radius 3 is 2.49 bits per heavy atom. The van der Waals surface area contributed by atoms with E-state index in [2.05, 4.69) is 5.10 Å². The molecule has 0 aliphatic carbocycles. The summed E-state index contributed by atoms with van der Waals surface area (Å²) in [6, 6.07) is 12.9. The van der Waals surface area contributed by atoms with Gasteiger partial charge in [-0.1, -0.05) is 30.3 Å². The number of nitrogens with zero attached hydrogens (tertiary/aromatic N) is 4. The molecule has 1 aromatic heterocycles. The average molecular weight is 505 g/mol. The SMILES string of the molecule is CCOC(=O)[C@H]1CCCN(C(=O)c2nn(-c3ccc(C)c(C)c3)c(=O)n(Cc3ccccc3C)c2=O)C1. The molecule has 0 radical (unpaired) electrons. The lowest BCUT2D eigenvalue weighted by Gasteiger charge is -2.31. The summed E-state index contributed by atoms with van der Waals surface area (Å²) in [6.07, 6.45) is 1.21. The van der Waals surface area contributed by atoms with Crippen LogP contribution >= 0.6 is 0 Å². The summed E-state index contributed by atoms with van der Waals surface area (Å²) in [4.78, 5) is 54.5. The fraction of sp³-hybridized carbons (Fsp3) is 0.393. The van der Waals surface area contributed by atoms with Gasteiger partial charge in [0.15, 0.2) is 0 Å². The first-order valence-electron chi connectivity index (χ1n) is 12.5. The van der Waals surface area contributed by atoms with E-state index in [4.69, 9.17) is 4.74 Å². The smallest absolute Gasteiger partial charge is 0.352 e. The van der Waals surface area contributed by atoms with E-state index >= 15 is 0 Å². The van der Waals surface area contributed by atoms with Crippen LogP contribution in [-0.2, 0) is 16.1 Å². The Bertz CT molecular complexity index is 1460. The Morgan fingerprint density at radius 2 is 1.78 bits per heavy atom. The second kappa shape index (κ2) is 10.9. The maximum Gasteiger partial charge on any atom is 0.352 e. The number of piperidine rings is 1. The van der Waals surface area contributed by atoms with E-state index < -0.39 is 23.1 Å². The quantitative estimate of drug-likeness (QED) is 0.478. The molecule has 1 aliphatic heterocycles. The number of amides is 1. The van der Waals surface area contributed by atoms with Gasteiger partial charge in [-0.05, 0) is 74.9 Å². The highest BCUT2D eigenvalue weighted by atomic mass is 16.5. The lowest BCUT2D eigenvalue weighted by Crippen LogP contribution is -2.49. The Hall–Kier alpha value is -4.01. The molecular weight excluding hydrogens is 472 g/mol. The van der Waals surface area contributed by atoms with E-state index in [1.165, 1.54) is 4.90 Å². The third-order valence-electron chi connectivity index (χ3n) is 6.92. The topological polar surface area (TPSA) is 104 Å². The highest BCUT2D eigenvalue weighted by molar-refractivity contribution is 5.92. The Morgan fingerprint density at radius 1 is 1.03 bits per heavy atom. The van der Waals surface area contributed by atoms with Gasteiger partial charge in [-0.3, -0.25) is 19.0 Å². The van der Waals surface area contributed by atoms with Gasteiger partial charge in [-0.25, -0.2) is 4.79 Å². The second-order valence-corrected chi connectivity index (χ2v) is 9.47. The molecule has 0 spiro atoms. The van der Waals surface area contributed by atoms with E-state index in [0.29, 0.717) is 25.1 Å². The van der Waals surface area contributed by atoms with Crippen LogP contribution in [0.15, 0.2) is 52.1 Å². The summed E-state index contributed by atoms with van der Waals surface area (Å²) >= 11 is 0. The number of carbonyl (C=O) groups excluding carboxylic acids is 2. The standard InChI is InChI=1S/C28H32N4O5/c1-5-37-27(35)22-11-8-14-30(16-22)25(33)24-26(34)31(17-21-10-7-6-9-19(21)3)28(36)32(29-24)23-13-12-18(2)20(4)15-23/h6-7,9-10,12-13,15,22H,5,8,11,14,16-17H2,1-4H3/t22-/m0/s1. The van der Waals surface area contributed by atoms with Gasteiger partial charge in [0, 0.05) is 13.1 Å². The van der Waals surface area contributed by atoms with Crippen molar-refractivity contribution in [3.8, 4) is 5.69 Å². The largest absolute Gasteiger partial charge is 0.466 e. The molecule has 0 saturated carbocycles. The van der Waals surface area contributed by atoms with E-state index in [9.17, 15) is 19.2 Å². The molecule has 1 fully saturated rings. The molecule has 4 rings (SSSR count). The van der Waals surface area contributed by atoms with Crippen LogP contribution in [0.25, 0.3) is 5.69 Å². The summed E-state index contributed by atoms with van der Waals surface area (Å²) in [5.41, 5.74) is 2.43. The fourth-order valence-electron chi connectivity index (χ4n) is 4.54. The molecule has 9 nitrogen and oxygen atoms in total. The highest BCUT2D eigenvalue weighted by Crippen LogP contribution is 2.19. The summed E-state index contributed by atoms with van der Waals surface area (Å²) < 4.78 is 7.32. The number of ether oxygens (including phenoxy) is 1. The van der Waals surface area contributed by atoms with Crippen LogP contribution in [-0.4, -0.2) is 50.8 Å². The molecule has 1 atom stereocenters. The average Bonchev–Trinajstić information content (AvgIpc) is 2.89. The van der Waals surface area contributed by atoms with Crippen LogP contribution in [0, 0.1) is 26.7 Å². The number of likely N-dealkylation sites (tertiary alicyclic amines) is 1. The highest BCUT2D eigenvalue weighted by Gasteiger charge is 2.32. The molecule has 194 valence electrons. The minimum atomic E-state index is -0.753. The van der Waals surface area contributed by atoms with Gasteiger partial charge in [0.1, 0.15) is 0 Å². The van der Waals surface area contributed by atoms with Crippen molar-refractivity contribution < 1.29 is 14.3 Å². The zero-order valence-electron chi connectivity index (χ0n) is 21.7. The van der Waals surface area contributed by atoms with Crippen LogP contribution in [0.4, 0.5) is 0 Å². The third kappa shape index (κ3) is 5.40. The van der Waals surface area contributed by atoms with E-state index in [0.717, 1.165) is 31.5 Å². The summed E-state index contributed by atoms with van der Waals surface area (Å²) in [7, 11) is 0. The Kier molecular flexibility index (Phi) is 7.71. The number of rotatable bonds is 6. The van der Waals surface area contributed by atoms with Crippen LogP contribution < -0.4 is 11.2 Å². The molecule has 1 aliphatic rings. The zero-order chi connectivity index (χ0) is 26.7. The minimum Gasteiger partial charge on any atom is -0.466 e. The molecule has 0 N–H and O–H groups in total. The molecule has 37 heavy (non-hydrogen) atoms. The third-order valence-corrected chi connectivity index (χ3v) is 6.92. The number of aryl methyl sites for hydroxylation is 3. The first-order valence-corrected chi connectivity index (χ1v) is 12.5. The first-order chi connectivity index (χ1) is 17.7. The molecule has 1 amide bonds. The molecule has 9 heteroatoms. The van der Waals surface area contributed by atoms with Crippen LogP contribution in [0.3, 0.4) is 0 Å². The van der Waals surface area contributed by atoms with Gasteiger partial charge >= 0.3 is 11.7 Å². The van der Waals surface area contributed by atoms with E-state index in [1.807, 2.05) is 51.1 Å². The zero-order valence-corrected chi connectivity index (χ0v) is 21.7. The molecule has 2 aromatic carbocycles. The summed E-state index contributed by atoms with van der Waals surface area (Å²) in [6.45, 7) is 8.30. The van der Waals surface area contributed by atoms with Crippen molar-refractivity contribution in [3.63, 3.8) is 0 Å². The Balaban J connectivity index is 1.82. The van der Waals surface area contributed by atoms with Crippen molar-refractivity contribution >= 4 is 11.9 Å². The van der Waals surface area contributed by atoms with Crippen LogP contribution in [0.1, 0.15) is 52.5 Å². The predicted octanol–water partition coefficient (Wildman–Crippen LogP) is 2.78. The lowest BCUT2D eigenvalue weighted by atomic mass is 9.98. The van der Waals surface area contributed by atoms with Crippen molar-refractivity contribution in [1.29, 1.82) is 0 Å². The van der Waals surface area contributed by atoms with Crippen molar-refractivity contribution in [2.24, 2.45) is 5.92 Å². The number of aromatic nitrogens is 3. The number of benzene rings is 2. The van der Waals surface area contributed by atoms with E-state index in [-0.39, 0.29) is 31.4 Å². The number of esters is 1. The lowest BCUT2D eigenvalue weighted by molar-refractivity contribution is -0.149. The van der Waals surface area contributed by atoms with Crippen molar-refractivity contribution in [2.45, 2.75) is 47.1 Å². The van der Waals surface area contributed by atoms with Gasteiger partial charge in [-0.2, -0.15) is 9.78 Å². The normalized spacial score (nSPS) is 15.5. The number of hydrogen-bond acceptors (Lipinski definition) is 6.